The Labute approximate surface area is 85.3 Å². The van der Waals surface area contributed by atoms with Crippen LogP contribution in [0.25, 0.3) is 6.08 Å². The van der Waals surface area contributed by atoms with Crippen LogP contribution in [0.3, 0.4) is 0 Å². The van der Waals surface area contributed by atoms with Crippen molar-refractivity contribution in [1.29, 1.82) is 5.26 Å². The standard InChI is InChI=1S/C10H8BrNO/c11-9-4-5-10(13)8(7-9)3-1-2-6-12/h1,3-5,7,13H,2H2. The maximum atomic E-state index is 9.38. The van der Waals surface area contributed by atoms with Crippen LogP contribution in [0.5, 0.6) is 5.75 Å². The topological polar surface area (TPSA) is 44.0 Å². The summed E-state index contributed by atoms with van der Waals surface area (Å²) >= 11 is 3.30. The third-order valence-corrected chi connectivity index (χ3v) is 1.99. The average molecular weight is 238 g/mol. The molecule has 0 heterocycles. The van der Waals surface area contributed by atoms with Crippen molar-refractivity contribution in [2.24, 2.45) is 0 Å². The number of hydrogen-bond donors (Lipinski definition) is 1. The Hall–Kier alpha value is -1.27. The first-order valence-electron chi connectivity index (χ1n) is 3.76. The van der Waals surface area contributed by atoms with Gasteiger partial charge in [-0.05, 0) is 18.2 Å². The van der Waals surface area contributed by atoms with E-state index in [1.54, 1.807) is 30.4 Å². The third kappa shape index (κ3) is 2.92. The van der Waals surface area contributed by atoms with Gasteiger partial charge in [-0.15, -0.1) is 0 Å². The van der Waals surface area contributed by atoms with Gasteiger partial charge < -0.3 is 5.11 Å². The molecule has 0 bridgehead atoms. The molecule has 0 saturated carbocycles. The molecule has 0 fully saturated rings. The molecule has 2 nitrogen and oxygen atoms in total. The summed E-state index contributed by atoms with van der Waals surface area (Å²) in [7, 11) is 0. The van der Waals surface area contributed by atoms with Crippen molar-refractivity contribution in [3.05, 3.63) is 34.3 Å². The summed E-state index contributed by atoms with van der Waals surface area (Å²) in [4.78, 5) is 0. The number of allylic oxidation sites excluding steroid dienone is 1. The lowest BCUT2D eigenvalue weighted by Crippen LogP contribution is -1.74. The van der Waals surface area contributed by atoms with Crippen LogP contribution in [-0.4, -0.2) is 5.11 Å². The second-order valence-electron chi connectivity index (χ2n) is 2.47. The van der Waals surface area contributed by atoms with Crippen LogP contribution in [0, 0.1) is 11.3 Å². The van der Waals surface area contributed by atoms with Crippen LogP contribution in [0.2, 0.25) is 0 Å². The molecule has 1 rings (SSSR count). The summed E-state index contributed by atoms with van der Waals surface area (Å²) in [5.74, 6) is 0.220. The van der Waals surface area contributed by atoms with E-state index in [4.69, 9.17) is 5.26 Å². The molecular weight excluding hydrogens is 230 g/mol. The normalized spacial score (nSPS) is 10.2. The Morgan fingerprint density at radius 3 is 3.00 bits per heavy atom. The maximum Gasteiger partial charge on any atom is 0.122 e. The first kappa shape index (κ1) is 9.82. The number of halogens is 1. The summed E-state index contributed by atoms with van der Waals surface area (Å²) in [5.41, 5.74) is 0.713. The Kier molecular flexibility index (Phi) is 3.53. The third-order valence-electron chi connectivity index (χ3n) is 1.50. The van der Waals surface area contributed by atoms with Crippen LogP contribution in [-0.2, 0) is 0 Å². The van der Waals surface area contributed by atoms with Crippen LogP contribution < -0.4 is 0 Å². The predicted octanol–water partition coefficient (Wildman–Crippen LogP) is 3.08. The van der Waals surface area contributed by atoms with Crippen molar-refractivity contribution >= 4 is 22.0 Å². The van der Waals surface area contributed by atoms with Gasteiger partial charge in [-0.25, -0.2) is 0 Å². The Morgan fingerprint density at radius 2 is 2.31 bits per heavy atom. The van der Waals surface area contributed by atoms with Gasteiger partial charge in [0.05, 0.1) is 12.5 Å². The van der Waals surface area contributed by atoms with Crippen molar-refractivity contribution in [2.75, 3.05) is 0 Å². The van der Waals surface area contributed by atoms with Gasteiger partial charge in [-0.2, -0.15) is 5.26 Å². The van der Waals surface area contributed by atoms with Crippen molar-refractivity contribution in [2.45, 2.75) is 6.42 Å². The van der Waals surface area contributed by atoms with Gasteiger partial charge in [0.2, 0.25) is 0 Å². The van der Waals surface area contributed by atoms with Crippen LogP contribution in [0.4, 0.5) is 0 Å². The highest BCUT2D eigenvalue weighted by atomic mass is 79.9. The fraction of sp³-hybridized carbons (Fsp3) is 0.100. The van der Waals surface area contributed by atoms with Crippen LogP contribution in [0.1, 0.15) is 12.0 Å². The monoisotopic (exact) mass is 237 g/mol. The van der Waals surface area contributed by atoms with E-state index >= 15 is 0 Å². The fourth-order valence-electron chi connectivity index (χ4n) is 0.897. The quantitative estimate of drug-likeness (QED) is 0.860. The molecule has 0 aromatic heterocycles. The van der Waals surface area contributed by atoms with E-state index in [2.05, 4.69) is 15.9 Å². The molecule has 1 N–H and O–H groups in total. The highest BCUT2D eigenvalue weighted by molar-refractivity contribution is 9.10. The number of nitrogens with zero attached hydrogens (tertiary/aromatic N) is 1. The minimum Gasteiger partial charge on any atom is -0.507 e. The van der Waals surface area contributed by atoms with Crippen LogP contribution >= 0.6 is 15.9 Å². The molecule has 3 heteroatoms. The number of benzene rings is 1. The molecular formula is C10H8BrNO. The van der Waals surface area contributed by atoms with Gasteiger partial charge in [-0.1, -0.05) is 28.1 Å². The van der Waals surface area contributed by atoms with Crippen molar-refractivity contribution in [1.82, 2.24) is 0 Å². The number of phenolic OH excluding ortho intramolecular Hbond substituents is 1. The van der Waals surface area contributed by atoms with E-state index in [9.17, 15) is 5.11 Å². The maximum absolute atomic E-state index is 9.38. The lowest BCUT2D eigenvalue weighted by molar-refractivity contribution is 0.474. The van der Waals surface area contributed by atoms with E-state index in [1.165, 1.54) is 0 Å². The number of nitriles is 1. The predicted molar refractivity (Wildman–Crippen MR) is 55.1 cm³/mol. The van der Waals surface area contributed by atoms with Gasteiger partial charge >= 0.3 is 0 Å². The van der Waals surface area contributed by atoms with Crippen molar-refractivity contribution < 1.29 is 5.11 Å². The first-order valence-corrected chi connectivity index (χ1v) is 4.55. The van der Waals surface area contributed by atoms with E-state index in [0.717, 1.165) is 4.47 Å². The Morgan fingerprint density at radius 1 is 1.54 bits per heavy atom. The lowest BCUT2D eigenvalue weighted by Gasteiger charge is -1.98. The van der Waals surface area contributed by atoms with E-state index in [1.807, 2.05) is 6.07 Å². The zero-order valence-electron chi connectivity index (χ0n) is 6.87. The second-order valence-corrected chi connectivity index (χ2v) is 3.38. The molecule has 0 spiro atoms. The van der Waals surface area contributed by atoms with Crippen molar-refractivity contribution in [3.8, 4) is 11.8 Å². The zero-order chi connectivity index (χ0) is 9.68. The van der Waals surface area contributed by atoms with Crippen LogP contribution in [0.15, 0.2) is 28.7 Å². The average Bonchev–Trinajstić information content (AvgIpc) is 2.11. The smallest absolute Gasteiger partial charge is 0.122 e. The molecule has 13 heavy (non-hydrogen) atoms. The molecule has 66 valence electrons. The first-order chi connectivity index (χ1) is 6.24. The molecule has 0 aliphatic rings. The highest BCUT2D eigenvalue weighted by Crippen LogP contribution is 2.22. The highest BCUT2D eigenvalue weighted by Gasteiger charge is 1.96. The van der Waals surface area contributed by atoms with Gasteiger partial charge in [0, 0.05) is 10.0 Å². The molecule has 0 aliphatic heterocycles. The Balaban J connectivity index is 2.88. The molecule has 0 amide bonds. The molecule has 1 aromatic rings. The van der Waals surface area contributed by atoms with Gasteiger partial charge in [0.25, 0.3) is 0 Å². The number of rotatable bonds is 2. The van der Waals surface area contributed by atoms with Crippen molar-refractivity contribution in [3.63, 3.8) is 0 Å². The number of phenols is 1. The van der Waals surface area contributed by atoms with E-state index in [-0.39, 0.29) is 5.75 Å². The van der Waals surface area contributed by atoms with Gasteiger partial charge in [0.1, 0.15) is 5.75 Å². The summed E-state index contributed by atoms with van der Waals surface area (Å²) in [5, 5.41) is 17.7. The zero-order valence-corrected chi connectivity index (χ0v) is 8.45. The molecule has 0 aliphatic carbocycles. The molecule has 0 atom stereocenters. The molecule has 1 aromatic carbocycles. The Bertz CT molecular complexity index is 366. The summed E-state index contributed by atoms with van der Waals surface area (Å²) < 4.78 is 0.905. The summed E-state index contributed by atoms with van der Waals surface area (Å²) in [6.07, 6.45) is 3.79. The van der Waals surface area contributed by atoms with Gasteiger partial charge in [-0.3, -0.25) is 0 Å². The SMILES string of the molecule is N#CCC=Cc1cc(Br)ccc1O. The van der Waals surface area contributed by atoms with E-state index < -0.39 is 0 Å². The molecule has 0 radical (unpaired) electrons. The fourth-order valence-corrected chi connectivity index (χ4v) is 1.28. The summed E-state index contributed by atoms with van der Waals surface area (Å²) in [6.45, 7) is 0. The summed E-state index contributed by atoms with van der Waals surface area (Å²) in [6, 6.07) is 7.15. The van der Waals surface area contributed by atoms with Gasteiger partial charge in [0.15, 0.2) is 0 Å². The number of hydrogen-bond acceptors (Lipinski definition) is 2. The largest absolute Gasteiger partial charge is 0.507 e. The lowest BCUT2D eigenvalue weighted by atomic mass is 10.2. The molecule has 0 unspecified atom stereocenters. The van der Waals surface area contributed by atoms with E-state index in [0.29, 0.717) is 12.0 Å². The minimum atomic E-state index is 0.220. The second kappa shape index (κ2) is 4.68. The minimum absolute atomic E-state index is 0.220. The molecule has 0 saturated heterocycles. The number of aromatic hydroxyl groups is 1.